The second kappa shape index (κ2) is 11.9. The van der Waals surface area contributed by atoms with Gasteiger partial charge in [-0.25, -0.2) is 0 Å². The quantitative estimate of drug-likeness (QED) is 0.669. The lowest BCUT2D eigenvalue weighted by atomic mass is 10.0. The first-order valence-corrected chi connectivity index (χ1v) is 11.0. The molecule has 2 heterocycles. The first kappa shape index (κ1) is 24.2. The molecule has 1 fully saturated rings. The van der Waals surface area contributed by atoms with Crippen LogP contribution in [0.25, 0.3) is 0 Å². The molecular weight excluding hydrogens is 422 g/mol. The minimum absolute atomic E-state index is 0. The van der Waals surface area contributed by atoms with Crippen molar-refractivity contribution in [3.05, 3.63) is 52.2 Å². The summed E-state index contributed by atoms with van der Waals surface area (Å²) in [5, 5.41) is 6.69. The summed E-state index contributed by atoms with van der Waals surface area (Å²) >= 11 is 1.52. The maximum Gasteiger partial charge on any atom is 0.260 e. The Morgan fingerprint density at radius 1 is 1.10 bits per heavy atom. The van der Waals surface area contributed by atoms with E-state index in [0.29, 0.717) is 31.1 Å². The lowest BCUT2D eigenvalue weighted by Crippen LogP contribution is -2.51. The van der Waals surface area contributed by atoms with E-state index in [9.17, 15) is 9.59 Å². The van der Waals surface area contributed by atoms with Crippen LogP contribution in [0.2, 0.25) is 0 Å². The van der Waals surface area contributed by atoms with Gasteiger partial charge in [0.25, 0.3) is 11.8 Å². The third kappa shape index (κ3) is 7.00. The number of halogens is 1. The molecule has 1 saturated heterocycles. The SMILES string of the molecule is CC(C)c1ccc(OCC(=O)N2CCN(CCNC(=O)c3ccsc3)CC2)cc1.Cl. The number of carbonyl (C=O) groups is 2. The fourth-order valence-corrected chi connectivity index (χ4v) is 3.87. The summed E-state index contributed by atoms with van der Waals surface area (Å²) in [5.74, 6) is 1.19. The van der Waals surface area contributed by atoms with Crippen molar-refractivity contribution in [2.24, 2.45) is 0 Å². The molecule has 0 spiro atoms. The molecule has 3 rings (SSSR count). The molecule has 0 unspecified atom stereocenters. The summed E-state index contributed by atoms with van der Waals surface area (Å²) in [5.41, 5.74) is 1.97. The van der Waals surface area contributed by atoms with E-state index in [0.717, 1.165) is 25.4 Å². The molecule has 0 aliphatic carbocycles. The van der Waals surface area contributed by atoms with Crippen molar-refractivity contribution < 1.29 is 14.3 Å². The summed E-state index contributed by atoms with van der Waals surface area (Å²) in [6.07, 6.45) is 0. The summed E-state index contributed by atoms with van der Waals surface area (Å²) in [4.78, 5) is 28.5. The van der Waals surface area contributed by atoms with Gasteiger partial charge in [-0.15, -0.1) is 12.4 Å². The van der Waals surface area contributed by atoms with E-state index < -0.39 is 0 Å². The van der Waals surface area contributed by atoms with Gasteiger partial charge < -0.3 is 15.0 Å². The van der Waals surface area contributed by atoms with Gasteiger partial charge in [0.15, 0.2) is 6.61 Å². The lowest BCUT2D eigenvalue weighted by molar-refractivity contribution is -0.135. The minimum atomic E-state index is -0.0290. The van der Waals surface area contributed by atoms with Crippen LogP contribution in [0.3, 0.4) is 0 Å². The highest BCUT2D eigenvalue weighted by Gasteiger charge is 2.21. The third-order valence-corrected chi connectivity index (χ3v) is 5.81. The van der Waals surface area contributed by atoms with Crippen LogP contribution in [0.15, 0.2) is 41.1 Å². The smallest absolute Gasteiger partial charge is 0.260 e. The van der Waals surface area contributed by atoms with Crippen molar-refractivity contribution in [1.82, 2.24) is 15.1 Å². The second-order valence-electron chi connectivity index (χ2n) is 7.50. The van der Waals surface area contributed by atoms with E-state index in [1.807, 2.05) is 46.0 Å². The first-order chi connectivity index (χ1) is 14.0. The molecule has 1 aromatic heterocycles. The highest BCUT2D eigenvalue weighted by Crippen LogP contribution is 2.18. The average molecular weight is 452 g/mol. The number of piperazine rings is 1. The molecule has 0 bridgehead atoms. The standard InChI is InChI=1S/C22H29N3O3S.ClH/c1-17(2)18-3-5-20(6-4-18)28-15-21(26)25-12-10-24(11-13-25)9-8-23-22(27)19-7-14-29-16-19;/h3-7,14,16-17H,8-13,15H2,1-2H3,(H,23,27);1H. The summed E-state index contributed by atoms with van der Waals surface area (Å²) in [6.45, 7) is 8.76. The van der Waals surface area contributed by atoms with Crippen LogP contribution in [-0.4, -0.2) is 67.5 Å². The van der Waals surface area contributed by atoms with Gasteiger partial charge >= 0.3 is 0 Å². The molecular formula is C22H30ClN3O3S. The van der Waals surface area contributed by atoms with E-state index in [4.69, 9.17) is 4.74 Å². The zero-order valence-electron chi connectivity index (χ0n) is 17.5. The fraction of sp³-hybridized carbons (Fsp3) is 0.455. The summed E-state index contributed by atoms with van der Waals surface area (Å²) < 4.78 is 5.66. The van der Waals surface area contributed by atoms with Gasteiger partial charge in [-0.05, 0) is 35.1 Å². The zero-order valence-corrected chi connectivity index (χ0v) is 19.1. The Balaban J connectivity index is 0.00000320. The molecule has 0 radical (unpaired) electrons. The van der Waals surface area contributed by atoms with E-state index in [1.54, 1.807) is 0 Å². The van der Waals surface area contributed by atoms with E-state index in [1.165, 1.54) is 16.9 Å². The van der Waals surface area contributed by atoms with Crippen LogP contribution in [0.4, 0.5) is 0 Å². The maximum atomic E-state index is 12.4. The molecule has 1 N–H and O–H groups in total. The van der Waals surface area contributed by atoms with Gasteiger partial charge in [0, 0.05) is 50.2 Å². The number of thiophene rings is 1. The van der Waals surface area contributed by atoms with Crippen molar-refractivity contribution in [2.75, 3.05) is 45.9 Å². The van der Waals surface area contributed by atoms with Crippen molar-refractivity contribution >= 4 is 35.6 Å². The molecule has 164 valence electrons. The molecule has 0 atom stereocenters. The Bertz CT molecular complexity index is 788. The number of hydrogen-bond donors (Lipinski definition) is 1. The number of benzene rings is 1. The number of nitrogens with one attached hydrogen (secondary N) is 1. The van der Waals surface area contributed by atoms with Crippen LogP contribution in [0.1, 0.15) is 35.7 Å². The first-order valence-electron chi connectivity index (χ1n) is 10.1. The van der Waals surface area contributed by atoms with Gasteiger partial charge in [-0.2, -0.15) is 11.3 Å². The predicted octanol–water partition coefficient (Wildman–Crippen LogP) is 3.25. The van der Waals surface area contributed by atoms with Crippen LogP contribution in [0, 0.1) is 0 Å². The monoisotopic (exact) mass is 451 g/mol. The normalized spacial score (nSPS) is 14.3. The number of hydrogen-bond acceptors (Lipinski definition) is 5. The van der Waals surface area contributed by atoms with Crippen molar-refractivity contribution in [1.29, 1.82) is 0 Å². The van der Waals surface area contributed by atoms with E-state index in [2.05, 4.69) is 24.1 Å². The topological polar surface area (TPSA) is 61.9 Å². The maximum absolute atomic E-state index is 12.4. The molecule has 1 aliphatic heterocycles. The summed E-state index contributed by atoms with van der Waals surface area (Å²) in [7, 11) is 0. The van der Waals surface area contributed by atoms with Crippen molar-refractivity contribution in [2.45, 2.75) is 19.8 Å². The summed E-state index contributed by atoms with van der Waals surface area (Å²) in [6, 6.07) is 9.75. The van der Waals surface area contributed by atoms with Crippen molar-refractivity contribution in [3.63, 3.8) is 0 Å². The van der Waals surface area contributed by atoms with Crippen LogP contribution >= 0.6 is 23.7 Å². The Morgan fingerprint density at radius 3 is 2.40 bits per heavy atom. The third-order valence-electron chi connectivity index (χ3n) is 5.13. The number of ether oxygens (including phenoxy) is 1. The molecule has 2 amide bonds. The predicted molar refractivity (Wildman–Crippen MR) is 123 cm³/mol. The zero-order chi connectivity index (χ0) is 20.6. The Hall–Kier alpha value is -2.09. The van der Waals surface area contributed by atoms with Crippen molar-refractivity contribution in [3.8, 4) is 5.75 Å². The van der Waals surface area contributed by atoms with E-state index in [-0.39, 0.29) is 30.8 Å². The largest absolute Gasteiger partial charge is 0.484 e. The molecule has 0 saturated carbocycles. The van der Waals surface area contributed by atoms with Gasteiger partial charge in [0.05, 0.1) is 0 Å². The average Bonchev–Trinajstić information content (AvgIpc) is 3.28. The van der Waals surface area contributed by atoms with Gasteiger partial charge in [0.2, 0.25) is 0 Å². The number of rotatable bonds is 8. The molecule has 2 aromatic rings. The highest BCUT2D eigenvalue weighted by molar-refractivity contribution is 7.08. The number of carbonyl (C=O) groups excluding carboxylic acids is 2. The molecule has 30 heavy (non-hydrogen) atoms. The second-order valence-corrected chi connectivity index (χ2v) is 8.28. The van der Waals surface area contributed by atoms with Crippen LogP contribution < -0.4 is 10.1 Å². The lowest BCUT2D eigenvalue weighted by Gasteiger charge is -2.34. The Kier molecular flexibility index (Phi) is 9.62. The van der Waals surface area contributed by atoms with Crippen LogP contribution in [-0.2, 0) is 4.79 Å². The Labute approximate surface area is 188 Å². The number of nitrogens with zero attached hydrogens (tertiary/aromatic N) is 2. The van der Waals surface area contributed by atoms with Gasteiger partial charge in [-0.1, -0.05) is 26.0 Å². The Morgan fingerprint density at radius 2 is 1.80 bits per heavy atom. The molecule has 1 aliphatic rings. The minimum Gasteiger partial charge on any atom is -0.484 e. The van der Waals surface area contributed by atoms with Gasteiger partial charge in [0.1, 0.15) is 5.75 Å². The fourth-order valence-electron chi connectivity index (χ4n) is 3.23. The molecule has 8 heteroatoms. The van der Waals surface area contributed by atoms with E-state index >= 15 is 0 Å². The molecule has 1 aromatic carbocycles. The van der Waals surface area contributed by atoms with Crippen LogP contribution in [0.5, 0.6) is 5.75 Å². The molecule has 6 nitrogen and oxygen atoms in total. The number of amides is 2. The highest BCUT2D eigenvalue weighted by atomic mass is 35.5. The van der Waals surface area contributed by atoms with Gasteiger partial charge in [-0.3, -0.25) is 14.5 Å².